The molecule has 152 valence electrons. The van der Waals surface area contributed by atoms with Gasteiger partial charge < -0.3 is 9.88 Å². The lowest BCUT2D eigenvalue weighted by Gasteiger charge is -2.27. The van der Waals surface area contributed by atoms with Gasteiger partial charge in [0.15, 0.2) is 0 Å². The third-order valence-electron chi connectivity index (χ3n) is 4.59. The first-order valence-corrected chi connectivity index (χ1v) is 10.4. The molecule has 2 aromatic rings. The second-order valence-corrected chi connectivity index (χ2v) is 6.22. The third kappa shape index (κ3) is 6.03. The lowest BCUT2D eigenvalue weighted by Crippen LogP contribution is -2.29. The molecule has 0 aromatic carbocycles. The van der Waals surface area contributed by atoms with Crippen LogP contribution in [0.3, 0.4) is 0 Å². The highest BCUT2D eigenvalue weighted by molar-refractivity contribution is 5.82. The number of H-pyrrole nitrogens is 1. The van der Waals surface area contributed by atoms with E-state index in [0.29, 0.717) is 5.92 Å². The smallest absolute Gasteiger partial charge is 0.110 e. The van der Waals surface area contributed by atoms with Crippen molar-refractivity contribution < 1.29 is 0 Å². The summed E-state index contributed by atoms with van der Waals surface area (Å²) in [5, 5.41) is 0. The van der Waals surface area contributed by atoms with E-state index in [0.717, 1.165) is 54.3 Å². The Hall–Kier alpha value is -2.46. The standard InChI is InChI=1S/C20H24N4.2C2H6/c1-4-6-15(5-2)18-19(16-7-11-21-12-8-16)23-20(22-18)17-9-13-24(3)14-10-17;2*1-2/h4-8,11-12,17H,1-2,9-10,13-14H2,3H3,(H,22,23);2*1-2H3/b15-6+;;. The molecule has 1 fully saturated rings. The summed E-state index contributed by atoms with van der Waals surface area (Å²) < 4.78 is 0. The van der Waals surface area contributed by atoms with E-state index in [1.807, 2.05) is 52.0 Å². The predicted molar refractivity (Wildman–Crippen MR) is 122 cm³/mol. The Labute approximate surface area is 171 Å². The summed E-state index contributed by atoms with van der Waals surface area (Å²) in [7, 11) is 2.18. The lowest BCUT2D eigenvalue weighted by molar-refractivity contribution is 0.251. The quantitative estimate of drug-likeness (QED) is 0.638. The van der Waals surface area contributed by atoms with Crippen molar-refractivity contribution in [2.75, 3.05) is 20.1 Å². The summed E-state index contributed by atoms with van der Waals surface area (Å²) in [5.74, 6) is 1.55. The number of allylic oxidation sites excluding steroid dienone is 4. The van der Waals surface area contributed by atoms with Gasteiger partial charge in [0.2, 0.25) is 0 Å². The van der Waals surface area contributed by atoms with Gasteiger partial charge >= 0.3 is 0 Å². The monoisotopic (exact) mass is 380 g/mol. The number of aromatic nitrogens is 3. The molecule has 2 aromatic heterocycles. The van der Waals surface area contributed by atoms with Gasteiger partial charge in [0.05, 0.1) is 11.4 Å². The van der Waals surface area contributed by atoms with Gasteiger partial charge in [0.1, 0.15) is 5.82 Å². The zero-order chi connectivity index (χ0) is 20.9. The van der Waals surface area contributed by atoms with Crippen molar-refractivity contribution in [3.8, 4) is 11.3 Å². The number of hydrogen-bond acceptors (Lipinski definition) is 3. The summed E-state index contributed by atoms with van der Waals surface area (Å²) in [6.45, 7) is 18.0. The van der Waals surface area contributed by atoms with E-state index in [1.54, 1.807) is 18.5 Å². The normalized spacial score (nSPS) is 15.0. The molecule has 0 bridgehead atoms. The molecule has 28 heavy (non-hydrogen) atoms. The maximum absolute atomic E-state index is 4.96. The Morgan fingerprint density at radius 3 is 2.25 bits per heavy atom. The summed E-state index contributed by atoms with van der Waals surface area (Å²) in [4.78, 5) is 15.0. The molecule has 0 spiro atoms. The Morgan fingerprint density at radius 1 is 1.11 bits per heavy atom. The first-order valence-electron chi connectivity index (χ1n) is 10.4. The molecule has 0 radical (unpaired) electrons. The highest BCUT2D eigenvalue weighted by atomic mass is 15.1. The molecule has 4 heteroatoms. The predicted octanol–water partition coefficient (Wildman–Crippen LogP) is 6.09. The maximum Gasteiger partial charge on any atom is 0.110 e. The van der Waals surface area contributed by atoms with Crippen molar-refractivity contribution in [2.24, 2.45) is 0 Å². The Morgan fingerprint density at radius 2 is 1.71 bits per heavy atom. The molecule has 4 nitrogen and oxygen atoms in total. The Balaban J connectivity index is 0.000000921. The van der Waals surface area contributed by atoms with Crippen LogP contribution in [-0.2, 0) is 0 Å². The summed E-state index contributed by atoms with van der Waals surface area (Å²) in [6, 6.07) is 3.99. The number of likely N-dealkylation sites (tertiary alicyclic amines) is 1. The van der Waals surface area contributed by atoms with Crippen LogP contribution in [0, 0.1) is 0 Å². The number of piperidine rings is 1. The molecule has 1 N–H and O–H groups in total. The minimum absolute atomic E-state index is 0.477. The van der Waals surface area contributed by atoms with Crippen molar-refractivity contribution >= 4 is 5.57 Å². The Bertz CT molecular complexity index is 735. The van der Waals surface area contributed by atoms with Crippen LogP contribution in [0.5, 0.6) is 0 Å². The van der Waals surface area contributed by atoms with E-state index < -0.39 is 0 Å². The zero-order valence-electron chi connectivity index (χ0n) is 18.2. The number of nitrogens with zero attached hydrogens (tertiary/aromatic N) is 3. The fourth-order valence-corrected chi connectivity index (χ4v) is 3.17. The van der Waals surface area contributed by atoms with Crippen LogP contribution in [0.25, 0.3) is 16.8 Å². The number of aromatic amines is 1. The minimum atomic E-state index is 0.477. The molecule has 0 atom stereocenters. The van der Waals surface area contributed by atoms with Crippen LogP contribution in [0.1, 0.15) is 58.0 Å². The van der Waals surface area contributed by atoms with Crippen molar-refractivity contribution in [2.45, 2.75) is 46.5 Å². The number of hydrogen-bond donors (Lipinski definition) is 1. The molecule has 1 aliphatic heterocycles. The van der Waals surface area contributed by atoms with Crippen LogP contribution in [0.15, 0.2) is 55.9 Å². The van der Waals surface area contributed by atoms with E-state index in [1.165, 1.54) is 0 Å². The highest BCUT2D eigenvalue weighted by Crippen LogP contribution is 2.32. The first kappa shape index (κ1) is 23.6. The van der Waals surface area contributed by atoms with Crippen LogP contribution >= 0.6 is 0 Å². The summed E-state index contributed by atoms with van der Waals surface area (Å²) >= 11 is 0. The van der Waals surface area contributed by atoms with Crippen molar-refractivity contribution in [1.29, 1.82) is 0 Å². The summed E-state index contributed by atoms with van der Waals surface area (Å²) in [5.41, 5.74) is 4.03. The van der Waals surface area contributed by atoms with E-state index in [9.17, 15) is 0 Å². The topological polar surface area (TPSA) is 44.8 Å². The van der Waals surface area contributed by atoms with Gasteiger partial charge in [-0.15, -0.1) is 0 Å². The lowest BCUT2D eigenvalue weighted by atomic mass is 9.96. The number of pyridine rings is 1. The molecule has 0 aliphatic carbocycles. The van der Waals surface area contributed by atoms with Gasteiger partial charge in [-0.05, 0) is 50.7 Å². The van der Waals surface area contributed by atoms with Gasteiger partial charge in [0, 0.05) is 23.9 Å². The molecule has 1 aliphatic rings. The molecule has 3 rings (SSSR count). The van der Waals surface area contributed by atoms with Crippen molar-refractivity contribution in [3.63, 3.8) is 0 Å². The highest BCUT2D eigenvalue weighted by Gasteiger charge is 2.23. The molecule has 0 unspecified atom stereocenters. The fraction of sp³-hybridized carbons (Fsp3) is 0.417. The summed E-state index contributed by atoms with van der Waals surface area (Å²) in [6.07, 6.45) is 11.5. The maximum atomic E-state index is 4.96. The fourth-order valence-electron chi connectivity index (χ4n) is 3.17. The molecule has 1 saturated heterocycles. The minimum Gasteiger partial charge on any atom is -0.341 e. The van der Waals surface area contributed by atoms with E-state index in [2.05, 4.69) is 35.1 Å². The average Bonchev–Trinajstić information content (AvgIpc) is 3.21. The van der Waals surface area contributed by atoms with Crippen molar-refractivity contribution in [3.05, 3.63) is 67.4 Å². The molecule has 0 amide bonds. The first-order chi connectivity index (χ1) is 13.7. The van der Waals surface area contributed by atoms with Crippen molar-refractivity contribution in [1.82, 2.24) is 19.9 Å². The SMILES string of the molecule is C=C/C=C(\C=C)c1[nH]c(C2CCN(C)CC2)nc1-c1ccncc1.CC.CC. The van der Waals surface area contributed by atoms with Gasteiger partial charge in [-0.3, -0.25) is 4.98 Å². The zero-order valence-corrected chi connectivity index (χ0v) is 18.2. The van der Waals surface area contributed by atoms with E-state index in [4.69, 9.17) is 4.98 Å². The van der Waals surface area contributed by atoms with E-state index >= 15 is 0 Å². The molecule has 0 saturated carbocycles. The second-order valence-electron chi connectivity index (χ2n) is 6.22. The van der Waals surface area contributed by atoms with Crippen LogP contribution in [0.4, 0.5) is 0 Å². The van der Waals surface area contributed by atoms with Crippen LogP contribution in [-0.4, -0.2) is 40.0 Å². The average molecular weight is 381 g/mol. The molecule has 3 heterocycles. The number of nitrogens with one attached hydrogen (secondary N) is 1. The van der Waals surface area contributed by atoms with E-state index in [-0.39, 0.29) is 0 Å². The van der Waals surface area contributed by atoms with Gasteiger partial charge in [-0.1, -0.05) is 59.1 Å². The van der Waals surface area contributed by atoms with Gasteiger partial charge in [-0.25, -0.2) is 4.98 Å². The Kier molecular flexibility index (Phi) is 10.8. The van der Waals surface area contributed by atoms with Gasteiger partial charge in [0.25, 0.3) is 0 Å². The number of imidazole rings is 1. The second kappa shape index (κ2) is 12.8. The molecular formula is C24H36N4. The third-order valence-corrected chi connectivity index (χ3v) is 4.59. The number of rotatable bonds is 5. The largest absolute Gasteiger partial charge is 0.341 e. The van der Waals surface area contributed by atoms with Crippen LogP contribution < -0.4 is 0 Å². The molecular weight excluding hydrogens is 344 g/mol. The van der Waals surface area contributed by atoms with Gasteiger partial charge in [-0.2, -0.15) is 0 Å². The van der Waals surface area contributed by atoms with Crippen LogP contribution in [0.2, 0.25) is 0 Å².